The second kappa shape index (κ2) is 7.01. The van der Waals surface area contributed by atoms with Crippen molar-refractivity contribution >= 4 is 33.6 Å². The number of benzene rings is 1. The predicted octanol–water partition coefficient (Wildman–Crippen LogP) is 3.32. The highest BCUT2D eigenvalue weighted by Gasteiger charge is 2.12. The van der Waals surface area contributed by atoms with Crippen molar-refractivity contribution in [1.82, 2.24) is 5.32 Å². The van der Waals surface area contributed by atoms with Crippen LogP contribution in [0, 0.1) is 11.7 Å². The molecule has 0 bridgehead atoms. The highest BCUT2D eigenvalue weighted by molar-refractivity contribution is 9.10. The minimum Gasteiger partial charge on any atom is -0.352 e. The average molecular weight is 320 g/mol. The third kappa shape index (κ3) is 4.68. The smallest absolute Gasteiger partial charge is 0.254 e. The van der Waals surface area contributed by atoms with Crippen molar-refractivity contribution in [3.63, 3.8) is 0 Å². The van der Waals surface area contributed by atoms with E-state index in [0.717, 1.165) is 5.75 Å². The van der Waals surface area contributed by atoms with Crippen LogP contribution >= 0.6 is 27.7 Å². The normalized spacial score (nSPS) is 12.2. The fourth-order valence-corrected chi connectivity index (χ4v) is 2.43. The van der Waals surface area contributed by atoms with Crippen LogP contribution in [0.15, 0.2) is 22.7 Å². The monoisotopic (exact) mass is 319 g/mol. The van der Waals surface area contributed by atoms with Gasteiger partial charge in [-0.1, -0.05) is 22.9 Å². The first-order valence-corrected chi connectivity index (χ1v) is 7.45. The van der Waals surface area contributed by atoms with Crippen molar-refractivity contribution in [2.45, 2.75) is 6.92 Å². The number of carbonyl (C=O) groups excluding carboxylic acids is 1. The molecule has 0 spiro atoms. The maximum atomic E-state index is 13.4. The molecule has 0 aromatic heterocycles. The largest absolute Gasteiger partial charge is 0.352 e. The van der Waals surface area contributed by atoms with Gasteiger partial charge in [-0.15, -0.1) is 0 Å². The first-order valence-electron chi connectivity index (χ1n) is 5.26. The SMILES string of the molecule is CSCC(C)CNC(=O)c1cc(Br)ccc1F. The first-order chi connectivity index (χ1) is 8.04. The summed E-state index contributed by atoms with van der Waals surface area (Å²) in [5.41, 5.74) is 0.0794. The van der Waals surface area contributed by atoms with Crippen LogP contribution in [-0.2, 0) is 0 Å². The maximum Gasteiger partial charge on any atom is 0.254 e. The molecular formula is C12H15BrFNOS. The Morgan fingerprint density at radius 2 is 2.29 bits per heavy atom. The van der Waals surface area contributed by atoms with Gasteiger partial charge in [0.1, 0.15) is 5.82 Å². The molecule has 0 saturated carbocycles. The molecule has 2 nitrogen and oxygen atoms in total. The molecule has 0 saturated heterocycles. The molecule has 1 atom stereocenters. The van der Waals surface area contributed by atoms with Crippen molar-refractivity contribution in [3.8, 4) is 0 Å². The maximum absolute atomic E-state index is 13.4. The van der Waals surface area contributed by atoms with Gasteiger partial charge in [0.2, 0.25) is 0 Å². The molecule has 0 heterocycles. The van der Waals surface area contributed by atoms with Crippen LogP contribution in [0.2, 0.25) is 0 Å². The van der Waals surface area contributed by atoms with Crippen molar-refractivity contribution < 1.29 is 9.18 Å². The van der Waals surface area contributed by atoms with E-state index in [4.69, 9.17) is 0 Å². The summed E-state index contributed by atoms with van der Waals surface area (Å²) >= 11 is 4.95. The van der Waals surface area contributed by atoms with Crippen LogP contribution in [0.5, 0.6) is 0 Å². The third-order valence-electron chi connectivity index (χ3n) is 2.24. The minimum absolute atomic E-state index is 0.0794. The van der Waals surface area contributed by atoms with Crippen molar-refractivity contribution in [3.05, 3.63) is 34.1 Å². The number of carbonyl (C=O) groups is 1. The number of thioether (sulfide) groups is 1. The topological polar surface area (TPSA) is 29.1 Å². The minimum atomic E-state index is -0.497. The molecule has 0 aliphatic rings. The van der Waals surface area contributed by atoms with Crippen LogP contribution in [-0.4, -0.2) is 24.5 Å². The Morgan fingerprint density at radius 1 is 1.59 bits per heavy atom. The number of amides is 1. The fraction of sp³-hybridized carbons (Fsp3) is 0.417. The Hall–Kier alpha value is -0.550. The van der Waals surface area contributed by atoms with Crippen LogP contribution in [0.1, 0.15) is 17.3 Å². The zero-order valence-corrected chi connectivity index (χ0v) is 12.2. The highest BCUT2D eigenvalue weighted by atomic mass is 79.9. The van der Waals surface area contributed by atoms with Gasteiger partial charge in [0, 0.05) is 11.0 Å². The highest BCUT2D eigenvalue weighted by Crippen LogP contribution is 2.15. The summed E-state index contributed by atoms with van der Waals surface area (Å²) in [5, 5.41) is 2.74. The average Bonchev–Trinajstić information content (AvgIpc) is 2.29. The molecule has 5 heteroatoms. The van der Waals surface area contributed by atoms with Gasteiger partial charge in [0.25, 0.3) is 5.91 Å². The molecule has 0 fully saturated rings. The Balaban J connectivity index is 2.61. The quantitative estimate of drug-likeness (QED) is 0.902. The molecular weight excluding hydrogens is 305 g/mol. The van der Waals surface area contributed by atoms with E-state index in [-0.39, 0.29) is 11.5 Å². The van der Waals surface area contributed by atoms with E-state index in [1.165, 1.54) is 12.1 Å². The summed E-state index contributed by atoms with van der Waals surface area (Å²) in [5.74, 6) is 0.491. The summed E-state index contributed by atoms with van der Waals surface area (Å²) in [7, 11) is 0. The molecule has 0 aliphatic heterocycles. The van der Waals surface area contributed by atoms with E-state index in [2.05, 4.69) is 21.2 Å². The van der Waals surface area contributed by atoms with Gasteiger partial charge in [0.15, 0.2) is 0 Å². The van der Waals surface area contributed by atoms with E-state index in [1.807, 2.05) is 13.2 Å². The van der Waals surface area contributed by atoms with Crippen LogP contribution in [0.4, 0.5) is 4.39 Å². The van der Waals surface area contributed by atoms with Gasteiger partial charge in [0.05, 0.1) is 5.56 Å². The van der Waals surface area contributed by atoms with Gasteiger partial charge < -0.3 is 5.32 Å². The number of nitrogens with one attached hydrogen (secondary N) is 1. The van der Waals surface area contributed by atoms with Gasteiger partial charge >= 0.3 is 0 Å². The molecule has 1 aromatic rings. The third-order valence-corrected chi connectivity index (χ3v) is 3.63. The van der Waals surface area contributed by atoms with Gasteiger partial charge in [-0.25, -0.2) is 4.39 Å². The number of halogens is 2. The number of hydrogen-bond acceptors (Lipinski definition) is 2. The predicted molar refractivity (Wildman–Crippen MR) is 74.0 cm³/mol. The van der Waals surface area contributed by atoms with Crippen LogP contribution in [0.25, 0.3) is 0 Å². The lowest BCUT2D eigenvalue weighted by Gasteiger charge is -2.11. The lowest BCUT2D eigenvalue weighted by atomic mass is 10.1. The lowest BCUT2D eigenvalue weighted by Crippen LogP contribution is -2.29. The second-order valence-electron chi connectivity index (χ2n) is 3.89. The zero-order chi connectivity index (χ0) is 12.8. The van der Waals surface area contributed by atoms with Gasteiger partial charge in [-0.05, 0) is 36.1 Å². The van der Waals surface area contributed by atoms with Gasteiger partial charge in [-0.3, -0.25) is 4.79 Å². The van der Waals surface area contributed by atoms with Crippen molar-refractivity contribution in [2.75, 3.05) is 18.6 Å². The Morgan fingerprint density at radius 3 is 2.94 bits per heavy atom. The molecule has 94 valence electrons. The van der Waals surface area contributed by atoms with E-state index in [0.29, 0.717) is 16.9 Å². The molecule has 1 amide bonds. The second-order valence-corrected chi connectivity index (χ2v) is 5.72. The summed E-state index contributed by atoms with van der Waals surface area (Å²) in [6.07, 6.45) is 2.02. The summed E-state index contributed by atoms with van der Waals surface area (Å²) in [6.45, 7) is 2.61. The Labute approximate surface area is 113 Å². The molecule has 17 heavy (non-hydrogen) atoms. The molecule has 1 unspecified atom stereocenters. The summed E-state index contributed by atoms with van der Waals surface area (Å²) < 4.78 is 14.1. The Bertz CT molecular complexity index is 400. The van der Waals surface area contributed by atoms with Crippen molar-refractivity contribution in [1.29, 1.82) is 0 Å². The Kier molecular flexibility index (Phi) is 5.98. The zero-order valence-electron chi connectivity index (χ0n) is 9.80. The van der Waals surface area contributed by atoms with E-state index in [9.17, 15) is 9.18 Å². The van der Waals surface area contributed by atoms with Crippen LogP contribution < -0.4 is 5.32 Å². The fourth-order valence-electron chi connectivity index (χ4n) is 1.38. The standard InChI is InChI=1S/C12H15BrFNOS/c1-8(7-17-2)6-15-12(16)10-5-9(13)3-4-11(10)14/h3-5,8H,6-7H2,1-2H3,(H,15,16). The first kappa shape index (κ1) is 14.5. The molecule has 1 aromatic carbocycles. The van der Waals surface area contributed by atoms with E-state index in [1.54, 1.807) is 17.8 Å². The molecule has 0 radical (unpaired) electrons. The summed E-state index contributed by atoms with van der Waals surface area (Å²) in [4.78, 5) is 11.7. The van der Waals surface area contributed by atoms with Gasteiger partial charge in [-0.2, -0.15) is 11.8 Å². The van der Waals surface area contributed by atoms with E-state index < -0.39 is 5.82 Å². The van der Waals surface area contributed by atoms with E-state index >= 15 is 0 Å². The van der Waals surface area contributed by atoms with Crippen LogP contribution in [0.3, 0.4) is 0 Å². The number of hydrogen-bond donors (Lipinski definition) is 1. The van der Waals surface area contributed by atoms with Crippen molar-refractivity contribution in [2.24, 2.45) is 5.92 Å². The molecule has 1 N–H and O–H groups in total. The molecule has 1 rings (SSSR count). The summed E-state index contributed by atoms with van der Waals surface area (Å²) in [6, 6.07) is 4.34. The number of rotatable bonds is 5. The lowest BCUT2D eigenvalue weighted by molar-refractivity contribution is 0.0945. The molecule has 0 aliphatic carbocycles.